The van der Waals surface area contributed by atoms with Gasteiger partial charge in [0.1, 0.15) is 6.67 Å². The van der Waals surface area contributed by atoms with Crippen LogP contribution in [0, 0.1) is 0 Å². The van der Waals surface area contributed by atoms with E-state index in [1.54, 1.807) is 0 Å². The Kier molecular flexibility index (Phi) is 2.29. The molecule has 0 saturated carbocycles. The number of halogens is 6. The zero-order valence-corrected chi connectivity index (χ0v) is 7.17. The Bertz CT molecular complexity index is 340. The minimum absolute atomic E-state index is 2.61. The van der Waals surface area contributed by atoms with Crippen molar-refractivity contribution < 1.29 is 34.8 Å². The molecule has 0 spiro atoms. The van der Waals surface area contributed by atoms with Gasteiger partial charge in [-0.1, -0.05) is 0 Å². The van der Waals surface area contributed by atoms with Gasteiger partial charge in [-0.2, -0.15) is 8.78 Å². The molecule has 3 atom stereocenters. The fourth-order valence-electron chi connectivity index (χ4n) is 1.06. The highest BCUT2D eigenvalue weighted by Gasteiger charge is 2.79. The van der Waals surface area contributed by atoms with Crippen LogP contribution in [0.1, 0.15) is 0 Å². The van der Waals surface area contributed by atoms with Crippen LogP contribution in [0.15, 0.2) is 0 Å². The van der Waals surface area contributed by atoms with Gasteiger partial charge in [-0.15, -0.1) is 0 Å². The third-order valence-electron chi connectivity index (χ3n) is 1.97. The molecular weight excluding hydrogens is 238 g/mol. The van der Waals surface area contributed by atoms with Crippen molar-refractivity contribution in [2.24, 2.45) is 0 Å². The van der Waals surface area contributed by atoms with Crippen molar-refractivity contribution in [3.8, 4) is 0 Å². The molecule has 1 heterocycles. The second kappa shape index (κ2) is 2.77. The molecule has 1 aliphatic heterocycles. The summed E-state index contributed by atoms with van der Waals surface area (Å²) in [5.74, 6) is -5.21. The Morgan fingerprint density at radius 2 is 1.50 bits per heavy atom. The largest absolute Gasteiger partial charge is 0.332 e. The lowest BCUT2D eigenvalue weighted by Crippen LogP contribution is -2.49. The highest BCUT2D eigenvalue weighted by molar-refractivity contribution is 7.92. The first kappa shape index (κ1) is 11.6. The first-order valence-electron chi connectivity index (χ1n) is 3.26. The van der Waals surface area contributed by atoms with Gasteiger partial charge in [0.25, 0.3) is 11.2 Å². The molecule has 0 aromatic carbocycles. The van der Waals surface area contributed by atoms with Gasteiger partial charge in [-0.25, -0.2) is 26.0 Å². The smallest absolute Gasteiger partial charge is 0.247 e. The van der Waals surface area contributed by atoms with Crippen LogP contribution in [-0.2, 0) is 9.84 Å². The first-order valence-corrected chi connectivity index (χ1v) is 4.87. The molecule has 0 aliphatic carbocycles. The molecule has 2 nitrogen and oxygen atoms in total. The summed E-state index contributed by atoms with van der Waals surface area (Å²) in [6.07, 6.45) is 0. The summed E-state index contributed by atoms with van der Waals surface area (Å²) in [7, 11) is -5.63. The van der Waals surface area contributed by atoms with E-state index in [2.05, 4.69) is 0 Å². The number of sulfone groups is 1. The summed E-state index contributed by atoms with van der Waals surface area (Å²) in [6.45, 7) is -2.61. The molecule has 0 amide bonds. The number of rotatable bonds is 1. The zero-order valence-electron chi connectivity index (χ0n) is 6.35. The van der Waals surface area contributed by atoms with Gasteiger partial charge in [0.2, 0.25) is 15.3 Å². The molecule has 0 N–H and O–H groups in total. The quantitative estimate of drug-likeness (QED) is 0.650. The predicted molar refractivity (Wildman–Crippen MR) is 33.5 cm³/mol. The van der Waals surface area contributed by atoms with E-state index in [9.17, 15) is 34.8 Å². The topological polar surface area (TPSA) is 34.1 Å². The first-order chi connectivity index (χ1) is 6.12. The van der Waals surface area contributed by atoms with E-state index in [0.717, 1.165) is 0 Å². The van der Waals surface area contributed by atoms with Gasteiger partial charge < -0.3 is 0 Å². The van der Waals surface area contributed by atoms with Gasteiger partial charge >= 0.3 is 5.92 Å². The zero-order chi connectivity index (χ0) is 11.4. The highest BCUT2D eigenvalue weighted by Crippen LogP contribution is 2.51. The summed E-state index contributed by atoms with van der Waals surface area (Å²) in [5.41, 5.74) is -12.6. The molecule has 1 fully saturated rings. The predicted octanol–water partition coefficient (Wildman–Crippen LogP) is 1.32. The summed E-state index contributed by atoms with van der Waals surface area (Å²) in [4.78, 5) is 0. The second-order valence-corrected chi connectivity index (χ2v) is 4.85. The van der Waals surface area contributed by atoms with Crippen LogP contribution in [0.2, 0.25) is 0 Å². The third kappa shape index (κ3) is 1.01. The number of hydrogen-bond donors (Lipinski definition) is 0. The number of alkyl halides is 6. The monoisotopic (exact) mass is 242 g/mol. The maximum absolute atomic E-state index is 12.8. The lowest BCUT2D eigenvalue weighted by Gasteiger charge is -2.23. The Hall–Kier alpha value is -0.470. The highest BCUT2D eigenvalue weighted by atomic mass is 32.2. The van der Waals surface area contributed by atoms with Gasteiger partial charge in [0.05, 0.1) is 0 Å². The van der Waals surface area contributed by atoms with Gasteiger partial charge in [0, 0.05) is 0 Å². The molecule has 0 bridgehead atoms. The maximum Gasteiger partial charge on any atom is 0.332 e. The minimum atomic E-state index is -5.63. The van der Waals surface area contributed by atoms with Crippen LogP contribution in [0.4, 0.5) is 26.3 Å². The van der Waals surface area contributed by atoms with E-state index in [1.807, 2.05) is 0 Å². The normalized spacial score (nSPS) is 45.3. The summed E-state index contributed by atoms with van der Waals surface area (Å²) < 4.78 is 95.6. The van der Waals surface area contributed by atoms with Crippen molar-refractivity contribution in [3.63, 3.8) is 0 Å². The van der Waals surface area contributed by atoms with E-state index in [1.165, 1.54) is 0 Å². The van der Waals surface area contributed by atoms with Crippen molar-refractivity contribution in [3.05, 3.63) is 0 Å². The van der Waals surface area contributed by atoms with E-state index >= 15 is 0 Å². The molecule has 14 heavy (non-hydrogen) atoms. The van der Waals surface area contributed by atoms with Crippen molar-refractivity contribution in [2.45, 2.75) is 22.6 Å². The summed E-state index contributed by atoms with van der Waals surface area (Å²) in [5, 5.41) is 0. The average molecular weight is 242 g/mol. The second-order valence-electron chi connectivity index (χ2n) is 2.84. The van der Waals surface area contributed by atoms with E-state index in [4.69, 9.17) is 0 Å². The summed E-state index contributed by atoms with van der Waals surface area (Å²) in [6, 6.07) is 0. The molecule has 1 saturated heterocycles. The van der Waals surface area contributed by atoms with Crippen LogP contribution >= 0.6 is 0 Å². The SMILES string of the molecule is O=S1(=O)C(F)C(F)(F)C(F)(CF)C1F. The van der Waals surface area contributed by atoms with Crippen LogP contribution in [-0.4, -0.2) is 37.7 Å². The van der Waals surface area contributed by atoms with E-state index in [-0.39, 0.29) is 0 Å². The molecule has 84 valence electrons. The fourth-order valence-corrected chi connectivity index (χ4v) is 2.62. The van der Waals surface area contributed by atoms with Crippen molar-refractivity contribution in [1.29, 1.82) is 0 Å². The summed E-state index contributed by atoms with van der Waals surface area (Å²) >= 11 is 0. The molecule has 9 heteroatoms. The van der Waals surface area contributed by atoms with Crippen molar-refractivity contribution >= 4 is 9.84 Å². The third-order valence-corrected chi connectivity index (χ3v) is 3.79. The Labute approximate surface area is 74.8 Å². The van der Waals surface area contributed by atoms with E-state index in [0.29, 0.717) is 0 Å². The minimum Gasteiger partial charge on any atom is -0.247 e. The molecule has 1 rings (SSSR count). The van der Waals surface area contributed by atoms with Crippen LogP contribution in [0.3, 0.4) is 0 Å². The Morgan fingerprint density at radius 3 is 1.64 bits per heavy atom. The molecule has 0 radical (unpaired) electrons. The Balaban J connectivity index is 3.39. The van der Waals surface area contributed by atoms with Crippen LogP contribution in [0.5, 0.6) is 0 Å². The van der Waals surface area contributed by atoms with Gasteiger partial charge in [0.15, 0.2) is 0 Å². The van der Waals surface area contributed by atoms with Gasteiger partial charge in [-0.05, 0) is 0 Å². The van der Waals surface area contributed by atoms with Crippen molar-refractivity contribution in [1.82, 2.24) is 0 Å². The van der Waals surface area contributed by atoms with Gasteiger partial charge in [-0.3, -0.25) is 0 Å². The number of hydrogen-bond acceptors (Lipinski definition) is 2. The molecule has 0 aromatic heterocycles. The molecular formula is C5H4F6O2S. The van der Waals surface area contributed by atoms with Crippen LogP contribution in [0.25, 0.3) is 0 Å². The van der Waals surface area contributed by atoms with Crippen LogP contribution < -0.4 is 0 Å². The maximum atomic E-state index is 12.8. The lowest BCUT2D eigenvalue weighted by atomic mass is 10.0. The fraction of sp³-hybridized carbons (Fsp3) is 1.00. The lowest BCUT2D eigenvalue weighted by molar-refractivity contribution is -0.165. The molecule has 1 aliphatic rings. The average Bonchev–Trinajstić information content (AvgIpc) is 2.19. The standard InChI is InChI=1S/C5H4F6O2S/c6-1-4(9)2(7)14(12,13)3(8)5(4,10)11/h2-3H,1H2. The molecule has 3 unspecified atom stereocenters. The van der Waals surface area contributed by atoms with Crippen molar-refractivity contribution in [2.75, 3.05) is 6.67 Å². The van der Waals surface area contributed by atoms with E-state index < -0.39 is 39.1 Å². The Morgan fingerprint density at radius 1 is 1.07 bits per heavy atom. The molecule has 0 aromatic rings.